The molecule has 2 atom stereocenters. The highest BCUT2D eigenvalue weighted by atomic mass is 19.4. The first-order chi connectivity index (χ1) is 8.20. The average Bonchev–Trinajstić information content (AvgIpc) is 2.28. The minimum Gasteiger partial charge on any atom is -0.379 e. The maximum Gasteiger partial charge on any atom is 0.419 e. The lowest BCUT2D eigenvalue weighted by Crippen LogP contribution is -2.58. The van der Waals surface area contributed by atoms with Crippen molar-refractivity contribution in [3.8, 4) is 0 Å². The average molecular weight is 262 g/mol. The number of nitrogens with zero attached hydrogens (tertiary/aromatic N) is 1. The van der Waals surface area contributed by atoms with Crippen molar-refractivity contribution >= 4 is 0 Å². The van der Waals surface area contributed by atoms with Crippen LogP contribution in [-0.4, -0.2) is 27.9 Å². The summed E-state index contributed by atoms with van der Waals surface area (Å²) in [5, 5.41) is 9.71. The maximum atomic E-state index is 12.8. The van der Waals surface area contributed by atoms with Crippen LogP contribution in [-0.2, 0) is 12.8 Å². The van der Waals surface area contributed by atoms with Crippen LogP contribution in [0.25, 0.3) is 0 Å². The van der Waals surface area contributed by atoms with Gasteiger partial charge in [0.1, 0.15) is 0 Å². The Kier molecular flexibility index (Phi) is 4.34. The van der Waals surface area contributed by atoms with Gasteiger partial charge in [-0.15, -0.1) is 0 Å². The molecular weight excluding hydrogens is 245 g/mol. The molecular formula is C12H17F3N2O. The van der Waals surface area contributed by atoms with Gasteiger partial charge in [-0.1, -0.05) is 13.0 Å². The van der Waals surface area contributed by atoms with Crippen LogP contribution in [0.3, 0.4) is 0 Å². The number of aryl methyl sites for hydroxylation is 1. The number of hydrogen-bond acceptors (Lipinski definition) is 3. The fourth-order valence-corrected chi connectivity index (χ4v) is 1.56. The SMILES string of the molecule is CCc1ccc(CC(O)(C(C)N)C(F)(F)F)nc1. The molecule has 1 heterocycles. The molecule has 3 nitrogen and oxygen atoms in total. The number of aromatic nitrogens is 1. The molecule has 0 aromatic carbocycles. The summed E-state index contributed by atoms with van der Waals surface area (Å²) in [5.41, 5.74) is 3.41. The summed E-state index contributed by atoms with van der Waals surface area (Å²) in [6.07, 6.45) is -3.16. The zero-order valence-electron chi connectivity index (χ0n) is 10.3. The van der Waals surface area contributed by atoms with Gasteiger partial charge in [0.15, 0.2) is 5.60 Å². The molecule has 1 aromatic rings. The first kappa shape index (κ1) is 14.9. The van der Waals surface area contributed by atoms with Gasteiger partial charge in [0, 0.05) is 24.4 Å². The van der Waals surface area contributed by atoms with Gasteiger partial charge in [0.2, 0.25) is 0 Å². The molecule has 18 heavy (non-hydrogen) atoms. The summed E-state index contributed by atoms with van der Waals surface area (Å²) in [5.74, 6) is 0. The van der Waals surface area contributed by atoms with E-state index >= 15 is 0 Å². The summed E-state index contributed by atoms with van der Waals surface area (Å²) < 4.78 is 38.5. The second kappa shape index (κ2) is 5.24. The Balaban J connectivity index is 2.97. The summed E-state index contributed by atoms with van der Waals surface area (Å²) >= 11 is 0. The molecule has 0 saturated heterocycles. The molecule has 0 bridgehead atoms. The van der Waals surface area contributed by atoms with E-state index in [-0.39, 0.29) is 5.69 Å². The van der Waals surface area contributed by atoms with Crippen molar-refractivity contribution in [1.29, 1.82) is 0 Å². The van der Waals surface area contributed by atoms with Gasteiger partial charge in [0.25, 0.3) is 0 Å². The van der Waals surface area contributed by atoms with Gasteiger partial charge in [-0.2, -0.15) is 13.2 Å². The number of halogens is 3. The number of alkyl halides is 3. The third-order valence-electron chi connectivity index (χ3n) is 2.99. The quantitative estimate of drug-likeness (QED) is 0.870. The Bertz CT molecular complexity index is 389. The molecule has 0 radical (unpaired) electrons. The highest BCUT2D eigenvalue weighted by Gasteiger charge is 2.56. The molecule has 2 unspecified atom stereocenters. The lowest BCUT2D eigenvalue weighted by molar-refractivity contribution is -0.265. The van der Waals surface area contributed by atoms with Crippen molar-refractivity contribution in [2.75, 3.05) is 0 Å². The molecule has 1 rings (SSSR count). The van der Waals surface area contributed by atoms with Gasteiger partial charge < -0.3 is 10.8 Å². The molecule has 3 N–H and O–H groups in total. The fourth-order valence-electron chi connectivity index (χ4n) is 1.56. The molecule has 0 spiro atoms. The van der Waals surface area contributed by atoms with Crippen LogP contribution in [0, 0.1) is 0 Å². The Morgan fingerprint density at radius 1 is 1.39 bits per heavy atom. The Morgan fingerprint density at radius 2 is 2.00 bits per heavy atom. The lowest BCUT2D eigenvalue weighted by atomic mass is 9.89. The summed E-state index contributed by atoms with van der Waals surface area (Å²) in [7, 11) is 0. The number of rotatable bonds is 4. The number of pyridine rings is 1. The third kappa shape index (κ3) is 3.00. The first-order valence-electron chi connectivity index (χ1n) is 5.69. The van der Waals surface area contributed by atoms with Gasteiger partial charge in [0.05, 0.1) is 0 Å². The zero-order chi connectivity index (χ0) is 14.0. The summed E-state index contributed by atoms with van der Waals surface area (Å²) in [6.45, 7) is 3.05. The molecule has 6 heteroatoms. The molecule has 0 aliphatic rings. The van der Waals surface area contributed by atoms with Crippen LogP contribution in [0.15, 0.2) is 18.3 Å². The molecule has 0 fully saturated rings. The minimum atomic E-state index is -4.79. The molecule has 0 amide bonds. The third-order valence-corrected chi connectivity index (χ3v) is 2.99. The number of hydrogen-bond donors (Lipinski definition) is 2. The highest BCUT2D eigenvalue weighted by Crippen LogP contribution is 2.35. The van der Waals surface area contributed by atoms with Crippen LogP contribution >= 0.6 is 0 Å². The van der Waals surface area contributed by atoms with E-state index in [0.29, 0.717) is 0 Å². The van der Waals surface area contributed by atoms with E-state index in [4.69, 9.17) is 5.73 Å². The maximum absolute atomic E-state index is 12.8. The molecule has 102 valence electrons. The smallest absolute Gasteiger partial charge is 0.379 e. The van der Waals surface area contributed by atoms with Crippen molar-refractivity contribution in [3.05, 3.63) is 29.6 Å². The number of nitrogens with two attached hydrogens (primary N) is 1. The van der Waals surface area contributed by atoms with E-state index in [1.165, 1.54) is 12.3 Å². The summed E-state index contributed by atoms with van der Waals surface area (Å²) in [6, 6.07) is 1.75. The Labute approximate surface area is 104 Å². The fraction of sp³-hybridized carbons (Fsp3) is 0.583. The van der Waals surface area contributed by atoms with Crippen LogP contribution in [0.4, 0.5) is 13.2 Å². The summed E-state index contributed by atoms with van der Waals surface area (Å²) in [4.78, 5) is 3.91. The monoisotopic (exact) mass is 262 g/mol. The predicted molar refractivity (Wildman–Crippen MR) is 62.0 cm³/mol. The lowest BCUT2D eigenvalue weighted by Gasteiger charge is -2.33. The van der Waals surface area contributed by atoms with Crippen molar-refractivity contribution in [2.45, 2.75) is 44.5 Å². The van der Waals surface area contributed by atoms with E-state index in [2.05, 4.69) is 4.98 Å². The molecule has 0 saturated carbocycles. The van der Waals surface area contributed by atoms with Crippen LogP contribution < -0.4 is 5.73 Å². The topological polar surface area (TPSA) is 59.1 Å². The standard InChI is InChI=1S/C12H17F3N2O/c1-3-9-4-5-10(17-7-9)6-11(18,8(2)16)12(13,14)15/h4-5,7-8,18H,3,6,16H2,1-2H3. The van der Waals surface area contributed by atoms with E-state index in [0.717, 1.165) is 18.9 Å². The predicted octanol–water partition coefficient (Wildman–Crippen LogP) is 1.83. The van der Waals surface area contributed by atoms with Crippen molar-refractivity contribution in [2.24, 2.45) is 5.73 Å². The van der Waals surface area contributed by atoms with E-state index < -0.39 is 24.2 Å². The molecule has 0 aliphatic carbocycles. The van der Waals surface area contributed by atoms with Crippen LogP contribution in [0.5, 0.6) is 0 Å². The van der Waals surface area contributed by atoms with E-state index in [1.54, 1.807) is 6.07 Å². The zero-order valence-corrected chi connectivity index (χ0v) is 10.3. The van der Waals surface area contributed by atoms with Crippen molar-refractivity contribution in [1.82, 2.24) is 4.98 Å². The second-order valence-electron chi connectivity index (χ2n) is 4.40. The largest absolute Gasteiger partial charge is 0.419 e. The van der Waals surface area contributed by atoms with Crippen LogP contribution in [0.1, 0.15) is 25.1 Å². The molecule has 0 aliphatic heterocycles. The Hall–Kier alpha value is -1.14. The first-order valence-corrected chi connectivity index (χ1v) is 5.69. The van der Waals surface area contributed by atoms with Gasteiger partial charge in [-0.3, -0.25) is 4.98 Å². The molecule has 1 aromatic heterocycles. The van der Waals surface area contributed by atoms with Gasteiger partial charge >= 0.3 is 6.18 Å². The van der Waals surface area contributed by atoms with E-state index in [9.17, 15) is 18.3 Å². The van der Waals surface area contributed by atoms with E-state index in [1.807, 2.05) is 6.92 Å². The minimum absolute atomic E-state index is 0.171. The number of aliphatic hydroxyl groups is 1. The normalized spacial score (nSPS) is 17.3. The second-order valence-corrected chi connectivity index (χ2v) is 4.40. The van der Waals surface area contributed by atoms with Crippen LogP contribution in [0.2, 0.25) is 0 Å². The highest BCUT2D eigenvalue weighted by molar-refractivity contribution is 5.16. The van der Waals surface area contributed by atoms with Crippen molar-refractivity contribution in [3.63, 3.8) is 0 Å². The van der Waals surface area contributed by atoms with Gasteiger partial charge in [-0.05, 0) is 25.0 Å². The Morgan fingerprint density at radius 3 is 2.33 bits per heavy atom. The van der Waals surface area contributed by atoms with Crippen molar-refractivity contribution < 1.29 is 18.3 Å². The van der Waals surface area contributed by atoms with Gasteiger partial charge in [-0.25, -0.2) is 0 Å².